The second-order valence-corrected chi connectivity index (χ2v) is 25.7. The number of carbonyl (C=O) groups excluding carboxylic acids is 1. The number of alkyl halides is 1. The van der Waals surface area contributed by atoms with Crippen LogP contribution in [0.3, 0.4) is 0 Å². The number of fused-ring (bicyclic) bond motifs is 3. The normalized spacial score (nSPS) is 24.5. The number of piperazine rings is 1. The first-order valence-corrected chi connectivity index (χ1v) is 26.5. The number of rotatable bonds is 13. The number of nitrogens with zero attached hydrogens (tertiary/aromatic N) is 7. The summed E-state index contributed by atoms with van der Waals surface area (Å²) in [5, 5.41) is 12.2. The van der Waals surface area contributed by atoms with Crippen molar-refractivity contribution in [2.75, 3.05) is 71.0 Å². The zero-order valence-corrected chi connectivity index (χ0v) is 40.8. The van der Waals surface area contributed by atoms with E-state index in [-0.39, 0.29) is 42.6 Å². The van der Waals surface area contributed by atoms with Crippen LogP contribution in [0, 0.1) is 22.8 Å². The van der Waals surface area contributed by atoms with E-state index in [2.05, 4.69) is 110 Å². The molecule has 0 N–H and O–H groups in total. The van der Waals surface area contributed by atoms with Crippen molar-refractivity contribution >= 4 is 30.6 Å². The van der Waals surface area contributed by atoms with E-state index >= 15 is 0 Å². The number of methoxy groups -OCH3 is 1. The van der Waals surface area contributed by atoms with E-state index in [0.717, 1.165) is 78.5 Å². The molecule has 11 nitrogen and oxygen atoms in total. The monoisotopic (exact) mass is 904 g/mol. The Morgan fingerprint density at radius 3 is 2.49 bits per heavy atom. The predicted octanol–water partition coefficient (Wildman–Crippen LogP) is 8.57. The van der Waals surface area contributed by atoms with Gasteiger partial charge in [0.05, 0.1) is 48.6 Å². The van der Waals surface area contributed by atoms with Crippen molar-refractivity contribution in [2.24, 2.45) is 0 Å². The Kier molecular flexibility index (Phi) is 14.7. The third-order valence-electron chi connectivity index (χ3n) is 15.5. The molecule has 5 aliphatic heterocycles. The Bertz CT molecular complexity index is 2290. The number of benzene rings is 2. The highest BCUT2D eigenvalue weighted by molar-refractivity contribution is 6.90. The first kappa shape index (κ1) is 47.1. The molecule has 2 aromatic carbocycles. The standard InChI is InChI=1S/C52H70FN7O4Si/c1-36(2)65(37(3)4,38(5)6)29-20-40-13-8-12-39-14-9-15-44(49(39)40)47-30-46-45(34-63-47)50(56-51(55-46)64-35-52-21-11-24-59(52)32-41(53)31-52)58-27-28-60(42(33-58)17-22-54)48(61)16-10-23-57-25-18-43(62-7)19-26-57/h8-10,12-16,36-38,41-43,47H,11,17-19,21,23-28,30-35H2,1-7H3/b16-10+/t41-,42+,47?,52+/m1/s1. The average Bonchev–Trinajstić information content (AvgIpc) is 3.83. The van der Waals surface area contributed by atoms with Crippen molar-refractivity contribution in [3.05, 3.63) is 70.9 Å². The number of hydrogen-bond donors (Lipinski definition) is 0. The Morgan fingerprint density at radius 1 is 1.02 bits per heavy atom. The number of ether oxygens (including phenoxy) is 3. The van der Waals surface area contributed by atoms with E-state index in [1.807, 2.05) is 11.0 Å². The molecule has 0 aliphatic carbocycles. The minimum Gasteiger partial charge on any atom is -0.461 e. The van der Waals surface area contributed by atoms with Gasteiger partial charge in [-0.1, -0.05) is 83.9 Å². The lowest BCUT2D eigenvalue weighted by atomic mass is 9.92. The molecule has 5 aliphatic rings. The number of halogens is 1. The molecule has 1 amide bonds. The van der Waals surface area contributed by atoms with Crippen LogP contribution in [0.25, 0.3) is 10.8 Å². The molecular formula is C52H70FN7O4Si. The summed E-state index contributed by atoms with van der Waals surface area (Å²) in [5.74, 6) is 4.40. The molecule has 4 fully saturated rings. The van der Waals surface area contributed by atoms with Crippen molar-refractivity contribution in [1.82, 2.24) is 24.7 Å². The Hall–Kier alpha value is -4.37. The van der Waals surface area contributed by atoms with Crippen LogP contribution in [0.1, 0.15) is 109 Å². The lowest BCUT2D eigenvalue weighted by molar-refractivity contribution is -0.128. The average molecular weight is 904 g/mol. The van der Waals surface area contributed by atoms with Gasteiger partial charge < -0.3 is 24.0 Å². The van der Waals surface area contributed by atoms with E-state index in [4.69, 9.17) is 24.2 Å². The van der Waals surface area contributed by atoms with Crippen LogP contribution in [-0.4, -0.2) is 129 Å². The van der Waals surface area contributed by atoms with Crippen LogP contribution >= 0.6 is 0 Å². The van der Waals surface area contributed by atoms with E-state index in [1.165, 1.54) is 0 Å². The number of hydrogen-bond acceptors (Lipinski definition) is 10. The number of piperidine rings is 1. The second kappa shape index (κ2) is 20.2. The summed E-state index contributed by atoms with van der Waals surface area (Å²) in [4.78, 5) is 32.6. The van der Waals surface area contributed by atoms with E-state index in [1.54, 1.807) is 13.2 Å². The molecule has 4 saturated heterocycles. The van der Waals surface area contributed by atoms with Crippen molar-refractivity contribution in [3.8, 4) is 23.5 Å². The Balaban J connectivity index is 1.09. The summed E-state index contributed by atoms with van der Waals surface area (Å²) in [6, 6.07) is 15.1. The highest BCUT2D eigenvalue weighted by atomic mass is 28.3. The molecular weight excluding hydrogens is 834 g/mol. The molecule has 8 rings (SSSR count). The molecule has 0 bridgehead atoms. The summed E-state index contributed by atoms with van der Waals surface area (Å²) in [6.45, 7) is 20.0. The molecule has 4 atom stereocenters. The van der Waals surface area contributed by atoms with E-state index in [0.29, 0.717) is 80.7 Å². The maximum absolute atomic E-state index is 14.9. The molecule has 13 heteroatoms. The van der Waals surface area contributed by atoms with Crippen LogP contribution < -0.4 is 9.64 Å². The van der Waals surface area contributed by atoms with Gasteiger partial charge in [-0.3, -0.25) is 14.6 Å². The van der Waals surface area contributed by atoms with Crippen LogP contribution in [0.5, 0.6) is 6.01 Å². The topological polar surface area (TPSA) is 107 Å². The van der Waals surface area contributed by atoms with Crippen molar-refractivity contribution in [2.45, 2.75) is 140 Å². The number of nitriles is 1. The zero-order valence-electron chi connectivity index (χ0n) is 39.8. The third-order valence-corrected chi connectivity index (χ3v) is 21.8. The van der Waals surface area contributed by atoms with Crippen molar-refractivity contribution < 1.29 is 23.4 Å². The van der Waals surface area contributed by atoms with Gasteiger partial charge in [-0.05, 0) is 65.9 Å². The van der Waals surface area contributed by atoms with Gasteiger partial charge in [-0.2, -0.15) is 15.2 Å². The van der Waals surface area contributed by atoms with Crippen LogP contribution in [0.4, 0.5) is 10.2 Å². The SMILES string of the molecule is COC1CCN(C/C=C/C(=O)N2CCN(c3nc(OC[C@@]45CCCN4C[C@H](F)C5)nc4c3COC(c3cccc5cccc(C#C[Si](C(C)C)(C(C)C)C(C)C)c35)C4)C[C@@H]2CC#N)CC1. The molecule has 1 aromatic heterocycles. The molecule has 0 radical (unpaired) electrons. The fourth-order valence-electron chi connectivity index (χ4n) is 12.1. The predicted molar refractivity (Wildman–Crippen MR) is 257 cm³/mol. The number of anilines is 1. The number of amides is 1. The minimum atomic E-state index is -2.00. The fourth-order valence-corrected chi connectivity index (χ4v) is 17.3. The lowest BCUT2D eigenvalue weighted by Crippen LogP contribution is -2.55. The third kappa shape index (κ3) is 9.73. The summed E-state index contributed by atoms with van der Waals surface area (Å²) in [5.41, 5.74) is 9.03. The van der Waals surface area contributed by atoms with Crippen molar-refractivity contribution in [1.29, 1.82) is 5.26 Å². The minimum absolute atomic E-state index is 0.0792. The van der Waals surface area contributed by atoms with Gasteiger partial charge in [-0.25, -0.2) is 4.39 Å². The van der Waals surface area contributed by atoms with Gasteiger partial charge in [0.1, 0.15) is 26.7 Å². The van der Waals surface area contributed by atoms with Gasteiger partial charge in [0.15, 0.2) is 0 Å². The van der Waals surface area contributed by atoms with Gasteiger partial charge in [0.25, 0.3) is 0 Å². The van der Waals surface area contributed by atoms with Gasteiger partial charge in [0.2, 0.25) is 5.91 Å². The Morgan fingerprint density at radius 2 is 1.77 bits per heavy atom. The summed E-state index contributed by atoms with van der Waals surface area (Å²) in [7, 11) is -0.229. The van der Waals surface area contributed by atoms with Crippen LogP contribution in [-0.2, 0) is 27.3 Å². The highest BCUT2D eigenvalue weighted by Crippen LogP contribution is 2.43. The molecule has 1 unspecified atom stereocenters. The van der Waals surface area contributed by atoms with Crippen LogP contribution in [0.15, 0.2) is 48.6 Å². The summed E-state index contributed by atoms with van der Waals surface area (Å²) >= 11 is 0. The first-order valence-electron chi connectivity index (χ1n) is 24.3. The van der Waals surface area contributed by atoms with Gasteiger partial charge in [-0.15, -0.1) is 5.54 Å². The second-order valence-electron chi connectivity index (χ2n) is 20.2. The maximum Gasteiger partial charge on any atom is 0.318 e. The number of carbonyl (C=O) groups is 1. The quantitative estimate of drug-likeness (QED) is 0.0942. The van der Waals surface area contributed by atoms with E-state index in [9.17, 15) is 14.4 Å². The number of aromatic nitrogens is 2. The summed E-state index contributed by atoms with van der Waals surface area (Å²) < 4.78 is 33.8. The van der Waals surface area contributed by atoms with Gasteiger partial charge in [0, 0.05) is 88.4 Å². The first-order chi connectivity index (χ1) is 31.3. The zero-order chi connectivity index (χ0) is 45.9. The summed E-state index contributed by atoms with van der Waals surface area (Å²) in [6.07, 6.45) is 7.80. The number of likely N-dealkylation sites (tertiary alicyclic amines) is 1. The van der Waals surface area contributed by atoms with Crippen LogP contribution in [0.2, 0.25) is 16.6 Å². The molecule has 65 heavy (non-hydrogen) atoms. The van der Waals surface area contributed by atoms with Gasteiger partial charge >= 0.3 is 6.01 Å². The smallest absolute Gasteiger partial charge is 0.318 e. The molecule has 0 saturated carbocycles. The van der Waals surface area contributed by atoms with Crippen molar-refractivity contribution in [3.63, 3.8) is 0 Å². The highest BCUT2D eigenvalue weighted by Gasteiger charge is 2.49. The molecule has 348 valence electrons. The molecule has 0 spiro atoms. The molecule has 6 heterocycles. The fraction of sp³-hybridized carbons (Fsp3) is 0.615. The molecule has 3 aromatic rings. The largest absolute Gasteiger partial charge is 0.461 e. The maximum atomic E-state index is 14.9. The Labute approximate surface area is 387 Å². The lowest BCUT2D eigenvalue weighted by Gasteiger charge is -2.42. The van der Waals surface area contributed by atoms with E-state index < -0.39 is 14.2 Å².